The first kappa shape index (κ1) is 20.5. The number of carboxylic acid groups (broad SMARTS) is 1. The zero-order chi connectivity index (χ0) is 22.4. The van der Waals surface area contributed by atoms with Crippen LogP contribution in [0.2, 0.25) is 0 Å². The molecule has 1 unspecified atom stereocenters. The summed E-state index contributed by atoms with van der Waals surface area (Å²) in [7, 11) is 0.513. The molecule has 7 nitrogen and oxygen atoms in total. The van der Waals surface area contributed by atoms with Gasteiger partial charge < -0.3 is 19.3 Å². The molecule has 3 heterocycles. The van der Waals surface area contributed by atoms with Crippen LogP contribution in [0.3, 0.4) is 0 Å². The first-order valence-electron chi connectivity index (χ1n) is 10.5. The van der Waals surface area contributed by atoms with Crippen molar-refractivity contribution in [3.05, 3.63) is 60.4 Å². The number of carboxylic acids is 1. The molecular formula is C24H24N4O3S. The lowest BCUT2D eigenvalue weighted by atomic mass is 10.1. The largest absolute Gasteiger partial charge is 0.481 e. The number of nitrogens with zero attached hydrogens (tertiary/aromatic N) is 3. The fourth-order valence-electron chi connectivity index (χ4n) is 4.55. The van der Waals surface area contributed by atoms with Crippen LogP contribution in [0.5, 0.6) is 0 Å². The molecular weight excluding hydrogens is 424 g/mol. The molecule has 1 fully saturated rings. The zero-order valence-electron chi connectivity index (χ0n) is 17.9. The van der Waals surface area contributed by atoms with Crippen LogP contribution in [0.15, 0.2) is 59.6 Å². The number of hydrogen-bond donors (Lipinski definition) is 2. The van der Waals surface area contributed by atoms with Gasteiger partial charge in [0.2, 0.25) is 0 Å². The van der Waals surface area contributed by atoms with Gasteiger partial charge in [-0.15, -0.1) is 0 Å². The quantitative estimate of drug-likeness (QED) is 0.480. The van der Waals surface area contributed by atoms with E-state index in [9.17, 15) is 14.1 Å². The highest BCUT2D eigenvalue weighted by Gasteiger charge is 2.29. The van der Waals surface area contributed by atoms with Crippen molar-refractivity contribution in [1.82, 2.24) is 9.55 Å². The van der Waals surface area contributed by atoms with Gasteiger partial charge in [-0.2, -0.15) is 0 Å². The van der Waals surface area contributed by atoms with Crippen molar-refractivity contribution in [2.24, 2.45) is 13.0 Å². The van der Waals surface area contributed by atoms with Crippen LogP contribution in [0, 0.1) is 12.8 Å². The van der Waals surface area contributed by atoms with Crippen LogP contribution in [-0.4, -0.2) is 37.9 Å². The van der Waals surface area contributed by atoms with E-state index >= 15 is 0 Å². The Balaban J connectivity index is 1.52. The summed E-state index contributed by atoms with van der Waals surface area (Å²) < 4.78 is 18.7. The van der Waals surface area contributed by atoms with Crippen LogP contribution < -0.4 is 9.62 Å². The van der Waals surface area contributed by atoms with E-state index in [2.05, 4.69) is 19.2 Å². The number of pyridine rings is 1. The topological polar surface area (TPSA) is 87.5 Å². The van der Waals surface area contributed by atoms with Gasteiger partial charge in [-0.25, -0.2) is 4.21 Å². The fraction of sp³-hybridized carbons (Fsp3) is 0.250. The Labute approximate surface area is 188 Å². The van der Waals surface area contributed by atoms with E-state index in [-0.39, 0.29) is 5.92 Å². The molecule has 5 rings (SSSR count). The minimum atomic E-state index is -1.47. The van der Waals surface area contributed by atoms with Crippen molar-refractivity contribution in [2.75, 3.05) is 22.7 Å². The number of carbonyl (C=O) groups is 1. The molecule has 4 aromatic rings. The number of aromatic nitrogens is 2. The average Bonchev–Trinajstić information content (AvgIpc) is 3.38. The molecule has 32 heavy (non-hydrogen) atoms. The van der Waals surface area contributed by atoms with Crippen LogP contribution in [0.4, 0.5) is 11.4 Å². The minimum absolute atomic E-state index is 0.367. The molecule has 2 N–H and O–H groups in total. The Morgan fingerprint density at radius 3 is 2.72 bits per heavy atom. The second-order valence-corrected chi connectivity index (χ2v) is 9.31. The summed E-state index contributed by atoms with van der Waals surface area (Å²) in [5, 5.41) is 11.2. The van der Waals surface area contributed by atoms with Gasteiger partial charge >= 0.3 is 5.97 Å². The third-order valence-corrected chi connectivity index (χ3v) is 7.65. The van der Waals surface area contributed by atoms with Gasteiger partial charge in [-0.3, -0.25) is 9.78 Å². The molecule has 1 saturated heterocycles. The van der Waals surface area contributed by atoms with Crippen LogP contribution in [-0.2, 0) is 22.8 Å². The SMILES string of the molecule is Cc1c(S(=O)Nc2ccc(N3CC[C@@H](C(=O)O)C3)c3ncccc23)c2ccccc2n1C. The molecule has 0 bridgehead atoms. The van der Waals surface area contributed by atoms with Crippen molar-refractivity contribution in [2.45, 2.75) is 18.2 Å². The zero-order valence-corrected chi connectivity index (χ0v) is 18.7. The maximum Gasteiger partial charge on any atom is 0.308 e. The molecule has 164 valence electrons. The lowest BCUT2D eigenvalue weighted by Crippen LogP contribution is -2.23. The van der Waals surface area contributed by atoms with E-state index in [0.717, 1.165) is 43.8 Å². The van der Waals surface area contributed by atoms with Gasteiger partial charge in [-0.1, -0.05) is 18.2 Å². The Morgan fingerprint density at radius 2 is 1.94 bits per heavy atom. The van der Waals surface area contributed by atoms with Crippen molar-refractivity contribution in [1.29, 1.82) is 0 Å². The highest BCUT2D eigenvalue weighted by atomic mass is 32.2. The highest BCUT2D eigenvalue weighted by molar-refractivity contribution is 7.86. The minimum Gasteiger partial charge on any atom is -0.481 e. The number of aliphatic carboxylic acids is 1. The average molecular weight is 449 g/mol. The molecule has 0 amide bonds. The smallest absolute Gasteiger partial charge is 0.308 e. The third-order valence-electron chi connectivity index (χ3n) is 6.36. The third kappa shape index (κ3) is 3.31. The number of benzene rings is 2. The lowest BCUT2D eigenvalue weighted by molar-refractivity contribution is -0.140. The number of anilines is 2. The van der Waals surface area contributed by atoms with Gasteiger partial charge in [0.1, 0.15) is 0 Å². The summed E-state index contributed by atoms with van der Waals surface area (Å²) in [5.41, 5.74) is 4.40. The normalized spacial score (nSPS) is 17.2. The molecule has 0 aliphatic carbocycles. The molecule has 1 aliphatic heterocycles. The number of para-hydroxylation sites is 1. The molecule has 1 aliphatic rings. The second-order valence-electron chi connectivity index (χ2n) is 8.16. The first-order valence-corrected chi connectivity index (χ1v) is 11.7. The van der Waals surface area contributed by atoms with Gasteiger partial charge in [0, 0.05) is 48.3 Å². The Hall–Kier alpha value is -3.39. The highest BCUT2D eigenvalue weighted by Crippen LogP contribution is 2.35. The molecule has 0 radical (unpaired) electrons. The molecule has 2 atom stereocenters. The lowest BCUT2D eigenvalue weighted by Gasteiger charge is -2.21. The summed E-state index contributed by atoms with van der Waals surface area (Å²) in [5.74, 6) is -1.13. The van der Waals surface area contributed by atoms with E-state index in [4.69, 9.17) is 0 Å². The summed E-state index contributed by atoms with van der Waals surface area (Å²) in [6.07, 6.45) is 2.35. The molecule has 0 spiro atoms. The number of nitrogens with one attached hydrogen (secondary N) is 1. The van der Waals surface area contributed by atoms with Crippen molar-refractivity contribution < 1.29 is 14.1 Å². The Bertz CT molecular complexity index is 1380. The molecule has 2 aromatic heterocycles. The molecule has 0 saturated carbocycles. The van der Waals surface area contributed by atoms with Gasteiger partial charge in [0.05, 0.1) is 27.7 Å². The summed E-state index contributed by atoms with van der Waals surface area (Å²) in [6, 6.07) is 15.6. The van der Waals surface area contributed by atoms with Gasteiger partial charge in [0.25, 0.3) is 0 Å². The first-order chi connectivity index (χ1) is 15.5. The van der Waals surface area contributed by atoms with Crippen LogP contribution in [0.25, 0.3) is 21.8 Å². The summed E-state index contributed by atoms with van der Waals surface area (Å²) in [4.78, 5) is 18.8. The van der Waals surface area contributed by atoms with Crippen LogP contribution >= 0.6 is 0 Å². The maximum atomic E-state index is 13.5. The molecule has 2 aromatic carbocycles. The predicted molar refractivity (Wildman–Crippen MR) is 127 cm³/mol. The summed E-state index contributed by atoms with van der Waals surface area (Å²) in [6.45, 7) is 3.12. The van der Waals surface area contributed by atoms with E-state index in [1.165, 1.54) is 0 Å². The number of hydrogen-bond acceptors (Lipinski definition) is 4. The van der Waals surface area contributed by atoms with Crippen molar-refractivity contribution in [3.8, 4) is 0 Å². The number of rotatable bonds is 5. The Morgan fingerprint density at radius 1 is 1.16 bits per heavy atom. The monoisotopic (exact) mass is 448 g/mol. The predicted octanol–water partition coefficient (Wildman–Crippen LogP) is 4.08. The van der Waals surface area contributed by atoms with E-state index in [1.807, 2.05) is 62.5 Å². The van der Waals surface area contributed by atoms with Crippen molar-refractivity contribution in [3.63, 3.8) is 0 Å². The summed E-state index contributed by atoms with van der Waals surface area (Å²) >= 11 is 0. The van der Waals surface area contributed by atoms with Gasteiger partial charge in [-0.05, 0) is 43.7 Å². The van der Waals surface area contributed by atoms with Gasteiger partial charge in [0.15, 0.2) is 11.0 Å². The number of fused-ring (bicyclic) bond motifs is 2. The van der Waals surface area contributed by atoms with E-state index in [0.29, 0.717) is 19.5 Å². The van der Waals surface area contributed by atoms with Crippen molar-refractivity contribution >= 4 is 50.1 Å². The number of aryl methyl sites for hydroxylation is 1. The molecule has 8 heteroatoms. The van der Waals surface area contributed by atoms with Crippen LogP contribution in [0.1, 0.15) is 12.1 Å². The Kier molecular flexibility index (Phi) is 5.09. The van der Waals surface area contributed by atoms with E-state index in [1.54, 1.807) is 6.20 Å². The maximum absolute atomic E-state index is 13.5. The van der Waals surface area contributed by atoms with E-state index < -0.39 is 17.0 Å². The fourth-order valence-corrected chi connectivity index (χ4v) is 5.81. The standard InChI is InChI=1S/C24H24N4O3S/c1-15-23(18-6-3-4-8-20(18)27(15)2)32(31)26-19-9-10-21(22-17(19)7-5-12-25-22)28-13-11-16(14-28)24(29)30/h3-10,12,16,26H,11,13-14H2,1-2H3,(H,29,30)/t16-,32?/m1/s1. The second kappa shape index (κ2) is 7.94.